The zero-order valence-electron chi connectivity index (χ0n) is 9.41. The number of anilines is 1. The average Bonchev–Trinajstić information content (AvgIpc) is 2.90. The molecule has 0 spiro atoms. The van der Waals surface area contributed by atoms with Gasteiger partial charge in [0.2, 0.25) is 11.0 Å². The molecule has 90 valence electrons. The van der Waals surface area contributed by atoms with Gasteiger partial charge in [-0.15, -0.1) is 10.2 Å². The third-order valence-electron chi connectivity index (χ3n) is 2.35. The second-order valence-electron chi connectivity index (χ2n) is 3.60. The number of nitrogens with zero attached hydrogens (tertiary/aromatic N) is 3. The van der Waals surface area contributed by atoms with E-state index in [0.29, 0.717) is 11.6 Å². The van der Waals surface area contributed by atoms with E-state index in [0.717, 1.165) is 5.56 Å². The number of hydrogen-bond acceptors (Lipinski definition) is 5. The van der Waals surface area contributed by atoms with E-state index < -0.39 is 5.92 Å². The Labute approximate surface area is 108 Å². The first-order valence-corrected chi connectivity index (χ1v) is 6.18. The van der Waals surface area contributed by atoms with Crippen molar-refractivity contribution in [2.45, 2.75) is 6.42 Å². The highest BCUT2D eigenvalue weighted by atomic mass is 32.1. The molecule has 0 radical (unpaired) electrons. The van der Waals surface area contributed by atoms with Gasteiger partial charge in [0.15, 0.2) is 0 Å². The van der Waals surface area contributed by atoms with Crippen LogP contribution in [0.15, 0.2) is 35.8 Å². The van der Waals surface area contributed by atoms with Gasteiger partial charge in [-0.1, -0.05) is 41.7 Å². The van der Waals surface area contributed by atoms with Gasteiger partial charge >= 0.3 is 0 Å². The highest BCUT2D eigenvalue weighted by Crippen LogP contribution is 2.13. The normalized spacial score (nSPS) is 11.5. The Morgan fingerprint density at radius 1 is 1.44 bits per heavy atom. The van der Waals surface area contributed by atoms with Crippen LogP contribution < -0.4 is 5.32 Å². The highest BCUT2D eigenvalue weighted by molar-refractivity contribution is 7.13. The summed E-state index contributed by atoms with van der Waals surface area (Å²) in [5.74, 6) is -1.07. The number of nitriles is 1. The van der Waals surface area contributed by atoms with E-state index in [4.69, 9.17) is 5.26 Å². The molecule has 1 atom stereocenters. The SMILES string of the molecule is N#CC(Cc1ccccc1)C(=O)Nc1nncs1. The van der Waals surface area contributed by atoms with Crippen LogP contribution in [0.5, 0.6) is 0 Å². The summed E-state index contributed by atoms with van der Waals surface area (Å²) < 4.78 is 0. The van der Waals surface area contributed by atoms with Gasteiger partial charge < -0.3 is 0 Å². The summed E-state index contributed by atoms with van der Waals surface area (Å²) in [7, 11) is 0. The van der Waals surface area contributed by atoms with Crippen molar-refractivity contribution in [3.8, 4) is 6.07 Å². The Morgan fingerprint density at radius 3 is 2.83 bits per heavy atom. The lowest BCUT2D eigenvalue weighted by Gasteiger charge is -2.07. The van der Waals surface area contributed by atoms with Gasteiger partial charge in [-0.2, -0.15) is 5.26 Å². The van der Waals surface area contributed by atoms with Crippen molar-refractivity contribution >= 4 is 22.4 Å². The molecule has 0 saturated carbocycles. The average molecular weight is 258 g/mol. The Hall–Kier alpha value is -2.26. The molecule has 0 aliphatic rings. The number of amides is 1. The van der Waals surface area contributed by atoms with E-state index in [2.05, 4.69) is 15.5 Å². The van der Waals surface area contributed by atoms with Crippen LogP contribution in [0.3, 0.4) is 0 Å². The second-order valence-corrected chi connectivity index (χ2v) is 4.44. The number of aromatic nitrogens is 2. The van der Waals surface area contributed by atoms with Crippen LogP contribution in [0.2, 0.25) is 0 Å². The summed E-state index contributed by atoms with van der Waals surface area (Å²) in [5.41, 5.74) is 2.48. The van der Waals surface area contributed by atoms with Crippen LogP contribution in [0.25, 0.3) is 0 Å². The molecule has 2 aromatic rings. The summed E-state index contributed by atoms with van der Waals surface area (Å²) in [5, 5.41) is 19.4. The molecule has 1 N–H and O–H groups in total. The molecule has 1 aromatic heterocycles. The van der Waals surface area contributed by atoms with Gasteiger partial charge in [0.1, 0.15) is 11.4 Å². The maximum atomic E-state index is 11.9. The van der Waals surface area contributed by atoms with Gasteiger partial charge in [0.05, 0.1) is 6.07 Å². The van der Waals surface area contributed by atoms with E-state index >= 15 is 0 Å². The van der Waals surface area contributed by atoms with Crippen molar-refractivity contribution in [2.24, 2.45) is 5.92 Å². The first kappa shape index (κ1) is 12.2. The van der Waals surface area contributed by atoms with E-state index in [9.17, 15) is 4.79 Å². The molecule has 5 nitrogen and oxygen atoms in total. The van der Waals surface area contributed by atoms with Gasteiger partial charge in [-0.3, -0.25) is 10.1 Å². The predicted octanol–water partition coefficient (Wildman–Crippen LogP) is 1.86. The van der Waals surface area contributed by atoms with Crippen LogP contribution in [-0.2, 0) is 11.2 Å². The molecule has 0 fully saturated rings. The minimum Gasteiger partial charge on any atom is -0.299 e. The quantitative estimate of drug-likeness (QED) is 0.907. The monoisotopic (exact) mass is 258 g/mol. The summed E-state index contributed by atoms with van der Waals surface area (Å²) in [6.07, 6.45) is 0.391. The number of nitrogens with one attached hydrogen (secondary N) is 1. The Bertz CT molecular complexity index is 547. The van der Waals surface area contributed by atoms with Crippen molar-refractivity contribution in [1.29, 1.82) is 5.26 Å². The van der Waals surface area contributed by atoms with E-state index in [1.807, 2.05) is 36.4 Å². The largest absolute Gasteiger partial charge is 0.299 e. The molecule has 0 aliphatic carbocycles. The van der Waals surface area contributed by atoms with Crippen LogP contribution >= 0.6 is 11.3 Å². The van der Waals surface area contributed by atoms with Gasteiger partial charge in [0.25, 0.3) is 0 Å². The number of benzene rings is 1. The van der Waals surface area contributed by atoms with Gasteiger partial charge in [-0.25, -0.2) is 0 Å². The zero-order valence-corrected chi connectivity index (χ0v) is 10.2. The Kier molecular flexibility index (Phi) is 3.99. The van der Waals surface area contributed by atoms with Gasteiger partial charge in [-0.05, 0) is 12.0 Å². The topological polar surface area (TPSA) is 78.7 Å². The van der Waals surface area contributed by atoms with Crippen LogP contribution in [0.1, 0.15) is 5.56 Å². The smallest absolute Gasteiger partial charge is 0.243 e. The van der Waals surface area contributed by atoms with Crippen molar-refractivity contribution < 1.29 is 4.79 Å². The van der Waals surface area contributed by atoms with Gasteiger partial charge in [0, 0.05) is 0 Å². The molecule has 18 heavy (non-hydrogen) atoms. The molecule has 1 amide bonds. The fourth-order valence-electron chi connectivity index (χ4n) is 1.47. The lowest BCUT2D eigenvalue weighted by Crippen LogP contribution is -2.23. The Balaban J connectivity index is 2.01. The molecule has 0 saturated heterocycles. The maximum absolute atomic E-state index is 11.9. The van der Waals surface area contributed by atoms with Crippen molar-refractivity contribution in [1.82, 2.24) is 10.2 Å². The minimum absolute atomic E-state index is 0.349. The van der Waals surface area contributed by atoms with Crippen LogP contribution in [-0.4, -0.2) is 16.1 Å². The molecule has 6 heteroatoms. The fourth-order valence-corrected chi connectivity index (χ4v) is 1.91. The standard InChI is InChI=1S/C12H10N4OS/c13-7-10(6-9-4-2-1-3-5-9)11(17)15-12-16-14-8-18-12/h1-5,8,10H,6H2,(H,15,16,17). The molecule has 0 bridgehead atoms. The lowest BCUT2D eigenvalue weighted by atomic mass is 10.00. The lowest BCUT2D eigenvalue weighted by molar-refractivity contribution is -0.118. The Morgan fingerprint density at radius 2 is 2.22 bits per heavy atom. The highest BCUT2D eigenvalue weighted by Gasteiger charge is 2.19. The fraction of sp³-hybridized carbons (Fsp3) is 0.167. The summed E-state index contributed by atoms with van der Waals surface area (Å²) in [4.78, 5) is 11.9. The number of rotatable bonds is 4. The van der Waals surface area contributed by atoms with E-state index in [1.165, 1.54) is 16.8 Å². The minimum atomic E-state index is -0.726. The zero-order chi connectivity index (χ0) is 12.8. The third kappa shape index (κ3) is 3.12. The van der Waals surface area contributed by atoms with Crippen molar-refractivity contribution in [2.75, 3.05) is 5.32 Å². The first-order chi connectivity index (χ1) is 8.79. The summed E-state index contributed by atoms with van der Waals surface area (Å²) in [6, 6.07) is 11.4. The summed E-state index contributed by atoms with van der Waals surface area (Å²) in [6.45, 7) is 0. The molecular formula is C12H10N4OS. The van der Waals surface area contributed by atoms with E-state index in [-0.39, 0.29) is 5.91 Å². The number of carbonyl (C=O) groups excluding carboxylic acids is 1. The van der Waals surface area contributed by atoms with Crippen molar-refractivity contribution in [3.63, 3.8) is 0 Å². The first-order valence-electron chi connectivity index (χ1n) is 5.30. The van der Waals surface area contributed by atoms with Crippen LogP contribution in [0.4, 0.5) is 5.13 Å². The summed E-state index contributed by atoms with van der Waals surface area (Å²) >= 11 is 1.22. The van der Waals surface area contributed by atoms with Crippen molar-refractivity contribution in [3.05, 3.63) is 41.4 Å². The maximum Gasteiger partial charge on any atom is 0.243 e. The molecule has 1 unspecified atom stereocenters. The number of hydrogen-bond donors (Lipinski definition) is 1. The number of carbonyl (C=O) groups is 1. The third-order valence-corrected chi connectivity index (χ3v) is 2.95. The second kappa shape index (κ2) is 5.89. The molecular weight excluding hydrogens is 248 g/mol. The molecule has 1 heterocycles. The van der Waals surface area contributed by atoms with Crippen LogP contribution in [0, 0.1) is 17.2 Å². The predicted molar refractivity (Wildman–Crippen MR) is 67.8 cm³/mol. The molecule has 0 aliphatic heterocycles. The molecule has 2 rings (SSSR count). The molecule has 1 aromatic carbocycles. The van der Waals surface area contributed by atoms with E-state index in [1.54, 1.807) is 0 Å².